The van der Waals surface area contributed by atoms with Crippen molar-refractivity contribution in [3.8, 4) is 0 Å². The molecule has 1 saturated carbocycles. The van der Waals surface area contributed by atoms with Gasteiger partial charge in [0.1, 0.15) is 0 Å². The Balaban J connectivity index is 2.05. The molecule has 0 saturated heterocycles. The van der Waals surface area contributed by atoms with Crippen molar-refractivity contribution in [2.24, 2.45) is 11.8 Å². The maximum atomic E-state index is 12.6. The van der Waals surface area contributed by atoms with Crippen LogP contribution in [0.5, 0.6) is 0 Å². The molecule has 1 aliphatic carbocycles. The van der Waals surface area contributed by atoms with E-state index in [1.807, 2.05) is 26.0 Å². The van der Waals surface area contributed by atoms with Crippen LogP contribution in [0, 0.1) is 11.8 Å². The molecule has 1 aromatic rings. The molecule has 0 aromatic heterocycles. The minimum absolute atomic E-state index is 0.0853. The maximum Gasteiger partial charge on any atom is 0.251 e. The molecule has 0 unspecified atom stereocenters. The van der Waals surface area contributed by atoms with Crippen LogP contribution in [-0.4, -0.2) is 34.4 Å². The minimum atomic E-state index is -0.742. The summed E-state index contributed by atoms with van der Waals surface area (Å²) in [4.78, 5) is 12.6. The van der Waals surface area contributed by atoms with Gasteiger partial charge in [-0.05, 0) is 42.5 Å². The highest BCUT2D eigenvalue weighted by Gasteiger charge is 2.28. The molecule has 1 fully saturated rings. The molecule has 0 radical (unpaired) electrons. The first-order chi connectivity index (χ1) is 12.4. The first-order valence-corrected chi connectivity index (χ1v) is 10.6. The van der Waals surface area contributed by atoms with Crippen molar-refractivity contribution >= 4 is 21.8 Å². The number of nitrogens with one attached hydrogen (secondary N) is 1. The lowest BCUT2D eigenvalue weighted by Gasteiger charge is -2.31. The van der Waals surface area contributed by atoms with Crippen molar-refractivity contribution in [2.75, 3.05) is 0 Å². The molecule has 1 amide bonds. The van der Waals surface area contributed by atoms with Gasteiger partial charge in [-0.2, -0.15) is 0 Å². The second-order valence-electron chi connectivity index (χ2n) is 7.94. The quantitative estimate of drug-likeness (QED) is 0.581. The normalized spacial score (nSPS) is 19.2. The summed E-state index contributed by atoms with van der Waals surface area (Å²) in [6.07, 6.45) is 5.79. The van der Waals surface area contributed by atoms with Gasteiger partial charge in [-0.15, -0.1) is 0 Å². The van der Waals surface area contributed by atoms with Crippen LogP contribution < -0.4 is 5.32 Å². The topological polar surface area (TPSA) is 69.6 Å². The molecule has 26 heavy (non-hydrogen) atoms. The largest absolute Gasteiger partial charge is 0.393 e. The molecule has 0 spiro atoms. The second-order valence-corrected chi connectivity index (χ2v) is 8.86. The number of aliphatic hydroxyl groups excluding tert-OH is 2. The number of benzene rings is 1. The third kappa shape index (κ3) is 6.67. The average Bonchev–Trinajstić information content (AvgIpc) is 2.62. The zero-order valence-electron chi connectivity index (χ0n) is 15.8. The van der Waals surface area contributed by atoms with E-state index in [2.05, 4.69) is 21.2 Å². The summed E-state index contributed by atoms with van der Waals surface area (Å²) in [5, 5.41) is 23.9. The summed E-state index contributed by atoms with van der Waals surface area (Å²) in [6, 6.07) is 6.88. The van der Waals surface area contributed by atoms with Gasteiger partial charge in [-0.1, -0.05) is 61.9 Å². The predicted octanol–water partition coefficient (Wildman–Crippen LogP) is 4.29. The van der Waals surface area contributed by atoms with E-state index in [0.29, 0.717) is 11.5 Å². The highest BCUT2D eigenvalue weighted by molar-refractivity contribution is 9.10. The summed E-state index contributed by atoms with van der Waals surface area (Å²) in [5.41, 5.74) is 0.582. The van der Waals surface area contributed by atoms with E-state index in [9.17, 15) is 15.0 Å². The van der Waals surface area contributed by atoms with Crippen molar-refractivity contribution in [1.29, 1.82) is 0 Å². The van der Waals surface area contributed by atoms with Crippen molar-refractivity contribution in [2.45, 2.75) is 77.0 Å². The lowest BCUT2D eigenvalue weighted by atomic mass is 9.82. The van der Waals surface area contributed by atoms with Crippen molar-refractivity contribution in [3.05, 3.63) is 34.3 Å². The first-order valence-electron chi connectivity index (χ1n) is 9.79. The number of aliphatic hydroxyl groups is 2. The van der Waals surface area contributed by atoms with E-state index in [1.54, 1.807) is 12.1 Å². The molecule has 1 aromatic carbocycles. The Morgan fingerprint density at radius 2 is 1.73 bits per heavy atom. The summed E-state index contributed by atoms with van der Waals surface area (Å²) in [7, 11) is 0. The van der Waals surface area contributed by atoms with Crippen LogP contribution >= 0.6 is 15.9 Å². The summed E-state index contributed by atoms with van der Waals surface area (Å²) in [5.74, 6) is 0.448. The number of carbonyl (C=O) groups is 1. The molecular formula is C21H32BrNO3. The summed E-state index contributed by atoms with van der Waals surface area (Å²) in [6.45, 7) is 3.88. The van der Waals surface area contributed by atoms with Crippen LogP contribution in [0.4, 0.5) is 0 Å². The van der Waals surface area contributed by atoms with Crippen LogP contribution in [0.2, 0.25) is 0 Å². The molecule has 0 bridgehead atoms. The molecule has 146 valence electrons. The van der Waals surface area contributed by atoms with E-state index >= 15 is 0 Å². The zero-order chi connectivity index (χ0) is 19.1. The Bertz CT molecular complexity index is 555. The second kappa shape index (κ2) is 10.4. The fraction of sp³-hybridized carbons (Fsp3) is 0.667. The highest BCUT2D eigenvalue weighted by atomic mass is 79.9. The van der Waals surface area contributed by atoms with Crippen molar-refractivity contribution in [3.63, 3.8) is 0 Å². The Labute approximate surface area is 165 Å². The third-order valence-electron chi connectivity index (χ3n) is 5.45. The predicted molar refractivity (Wildman–Crippen MR) is 108 cm³/mol. The highest BCUT2D eigenvalue weighted by Crippen LogP contribution is 2.29. The Morgan fingerprint density at radius 1 is 1.12 bits per heavy atom. The molecular weight excluding hydrogens is 394 g/mol. The van der Waals surface area contributed by atoms with Gasteiger partial charge in [0.15, 0.2) is 0 Å². The van der Waals surface area contributed by atoms with Gasteiger partial charge in [0.05, 0.1) is 18.2 Å². The monoisotopic (exact) mass is 425 g/mol. The SMILES string of the molecule is CC(C)[C@@H](O)C[C@H](O)[C@H](CC1CCCCC1)NC(=O)c1ccc(Br)cc1. The maximum absolute atomic E-state index is 12.6. The Hall–Kier alpha value is -0.910. The van der Waals surface area contributed by atoms with E-state index in [4.69, 9.17) is 0 Å². The number of carbonyl (C=O) groups excluding carboxylic acids is 1. The lowest BCUT2D eigenvalue weighted by Crippen LogP contribution is -2.46. The fourth-order valence-corrected chi connectivity index (χ4v) is 3.90. The Morgan fingerprint density at radius 3 is 2.31 bits per heavy atom. The van der Waals surface area contributed by atoms with Gasteiger partial charge in [0.25, 0.3) is 5.91 Å². The molecule has 0 aliphatic heterocycles. The average molecular weight is 426 g/mol. The lowest BCUT2D eigenvalue weighted by molar-refractivity contribution is 0.0279. The van der Waals surface area contributed by atoms with Crippen molar-refractivity contribution < 1.29 is 15.0 Å². The standard InChI is InChI=1S/C21H32BrNO3/c1-14(2)19(24)13-20(25)18(12-15-6-4-3-5-7-15)23-21(26)16-8-10-17(22)11-9-16/h8-11,14-15,18-20,24-25H,3-7,12-13H2,1-2H3,(H,23,26)/t18-,19-,20-/m0/s1. The number of halogens is 1. The van der Waals surface area contributed by atoms with Crippen molar-refractivity contribution in [1.82, 2.24) is 5.32 Å². The third-order valence-corrected chi connectivity index (χ3v) is 5.98. The fourth-order valence-electron chi connectivity index (χ4n) is 3.63. The molecule has 2 rings (SSSR count). The number of amides is 1. The van der Waals surface area contributed by atoms with Crippen LogP contribution in [0.1, 0.15) is 69.2 Å². The zero-order valence-corrected chi connectivity index (χ0v) is 17.4. The van der Waals surface area contributed by atoms with E-state index in [1.165, 1.54) is 19.3 Å². The molecule has 0 heterocycles. The smallest absolute Gasteiger partial charge is 0.251 e. The van der Waals surface area contributed by atoms with Gasteiger partial charge in [0, 0.05) is 16.5 Å². The van der Waals surface area contributed by atoms with Crippen LogP contribution in [0.25, 0.3) is 0 Å². The minimum Gasteiger partial charge on any atom is -0.393 e. The molecule has 5 heteroatoms. The van der Waals surface area contributed by atoms with Gasteiger partial charge in [-0.3, -0.25) is 4.79 Å². The van der Waals surface area contributed by atoms with E-state index in [-0.39, 0.29) is 24.3 Å². The van der Waals surface area contributed by atoms with Crippen LogP contribution in [-0.2, 0) is 0 Å². The summed E-state index contributed by atoms with van der Waals surface area (Å²) >= 11 is 3.38. The number of rotatable bonds is 8. The first kappa shape index (κ1) is 21.4. The van der Waals surface area contributed by atoms with Gasteiger partial charge >= 0.3 is 0 Å². The van der Waals surface area contributed by atoms with Gasteiger partial charge < -0.3 is 15.5 Å². The van der Waals surface area contributed by atoms with Gasteiger partial charge in [-0.25, -0.2) is 0 Å². The van der Waals surface area contributed by atoms with Gasteiger partial charge in [0.2, 0.25) is 0 Å². The van der Waals surface area contributed by atoms with Crippen LogP contribution in [0.15, 0.2) is 28.7 Å². The number of hydrogen-bond donors (Lipinski definition) is 3. The van der Waals surface area contributed by atoms with E-state index < -0.39 is 12.2 Å². The molecule has 3 atom stereocenters. The number of hydrogen-bond acceptors (Lipinski definition) is 3. The summed E-state index contributed by atoms with van der Waals surface area (Å²) < 4.78 is 0.924. The molecule has 3 N–H and O–H groups in total. The Kier molecular flexibility index (Phi) is 8.58. The van der Waals surface area contributed by atoms with E-state index in [0.717, 1.165) is 23.7 Å². The molecule has 1 aliphatic rings. The molecule has 4 nitrogen and oxygen atoms in total. The van der Waals surface area contributed by atoms with Crippen LogP contribution in [0.3, 0.4) is 0 Å².